The van der Waals surface area contributed by atoms with Gasteiger partial charge >= 0.3 is 0 Å². The van der Waals surface area contributed by atoms with Crippen LogP contribution in [0.4, 0.5) is 0 Å². The molecule has 4 heteroatoms. The van der Waals surface area contributed by atoms with Crippen LogP contribution in [0.5, 0.6) is 0 Å². The Hall–Kier alpha value is -1.13. The van der Waals surface area contributed by atoms with Crippen LogP contribution in [-0.2, 0) is 10.0 Å². The normalized spacial score (nSPS) is 26.4. The minimum Gasteiger partial charge on any atom is -0.207 e. The fourth-order valence-electron chi connectivity index (χ4n) is 2.43. The first-order valence-corrected chi connectivity index (χ1v) is 8.04. The first-order valence-electron chi connectivity index (χ1n) is 6.60. The van der Waals surface area contributed by atoms with Crippen molar-refractivity contribution in [1.29, 1.82) is 0 Å². The van der Waals surface area contributed by atoms with E-state index in [-0.39, 0.29) is 12.1 Å². The van der Waals surface area contributed by atoms with Gasteiger partial charge in [-0.2, -0.15) is 4.31 Å². The summed E-state index contributed by atoms with van der Waals surface area (Å²) in [6.07, 6.45) is 2.61. The van der Waals surface area contributed by atoms with Gasteiger partial charge in [0.2, 0.25) is 10.0 Å². The molecular weight excluding hydrogens is 258 g/mol. The summed E-state index contributed by atoms with van der Waals surface area (Å²) in [5.41, 5.74) is 1.06. The van der Waals surface area contributed by atoms with E-state index in [1.54, 1.807) is 22.5 Å². The average Bonchev–Trinajstić information content (AvgIpc) is 3.02. The molecule has 3 atom stereocenters. The SMILES string of the molecule is C=C[C@@H]1[C@@H](CC(C)C)N1S(=O)(=O)c1ccc(C)cc1. The molecule has 2 rings (SSSR count). The van der Waals surface area contributed by atoms with Gasteiger partial charge in [-0.15, -0.1) is 6.58 Å². The van der Waals surface area contributed by atoms with Gasteiger partial charge in [0.1, 0.15) is 0 Å². The van der Waals surface area contributed by atoms with Crippen LogP contribution in [0.1, 0.15) is 25.8 Å². The average molecular weight is 279 g/mol. The lowest BCUT2D eigenvalue weighted by Gasteiger charge is -2.08. The van der Waals surface area contributed by atoms with Gasteiger partial charge in [0.15, 0.2) is 0 Å². The zero-order chi connectivity index (χ0) is 14.2. The highest BCUT2D eigenvalue weighted by atomic mass is 32.2. The molecule has 0 amide bonds. The van der Waals surface area contributed by atoms with Crippen LogP contribution in [0.3, 0.4) is 0 Å². The molecule has 3 nitrogen and oxygen atoms in total. The van der Waals surface area contributed by atoms with Crippen LogP contribution in [0.15, 0.2) is 41.8 Å². The second kappa shape index (κ2) is 5.10. The van der Waals surface area contributed by atoms with Crippen molar-refractivity contribution in [2.24, 2.45) is 5.92 Å². The van der Waals surface area contributed by atoms with E-state index in [9.17, 15) is 8.42 Å². The minimum atomic E-state index is -3.38. The van der Waals surface area contributed by atoms with Gasteiger partial charge in [-0.05, 0) is 31.4 Å². The zero-order valence-electron chi connectivity index (χ0n) is 11.7. The van der Waals surface area contributed by atoms with Gasteiger partial charge in [0.05, 0.1) is 10.9 Å². The van der Waals surface area contributed by atoms with Gasteiger partial charge in [0.25, 0.3) is 0 Å². The number of benzene rings is 1. The second-order valence-electron chi connectivity index (χ2n) is 5.57. The first kappa shape index (κ1) is 14.3. The highest BCUT2D eigenvalue weighted by Crippen LogP contribution is 2.39. The molecular formula is C15H21NO2S. The summed E-state index contributed by atoms with van der Waals surface area (Å²) in [5.74, 6) is 0.477. The van der Waals surface area contributed by atoms with Crippen LogP contribution in [-0.4, -0.2) is 24.8 Å². The van der Waals surface area contributed by atoms with Gasteiger partial charge in [-0.1, -0.05) is 37.6 Å². The van der Waals surface area contributed by atoms with E-state index in [0.717, 1.165) is 12.0 Å². The number of aryl methyl sites for hydroxylation is 1. The Kier molecular flexibility index (Phi) is 3.83. The molecule has 1 aliphatic rings. The Morgan fingerprint density at radius 1 is 1.32 bits per heavy atom. The molecule has 1 heterocycles. The molecule has 0 radical (unpaired) electrons. The van der Waals surface area contributed by atoms with Gasteiger partial charge < -0.3 is 0 Å². The standard InChI is InChI=1S/C15H21NO2S/c1-5-14-15(10-11(2)3)16(14)19(17,18)13-8-6-12(4)7-9-13/h5-9,11,14-15H,1,10H2,2-4H3/t14-,15-,16?/m1/s1. The van der Waals surface area contributed by atoms with E-state index >= 15 is 0 Å². The summed E-state index contributed by atoms with van der Waals surface area (Å²) in [6, 6.07) is 7.04. The Morgan fingerprint density at radius 2 is 1.89 bits per heavy atom. The van der Waals surface area contributed by atoms with Gasteiger partial charge in [0, 0.05) is 6.04 Å². The fraction of sp³-hybridized carbons (Fsp3) is 0.467. The van der Waals surface area contributed by atoms with Crippen molar-refractivity contribution < 1.29 is 8.42 Å². The van der Waals surface area contributed by atoms with Gasteiger partial charge in [-0.25, -0.2) is 8.42 Å². The third-order valence-electron chi connectivity index (χ3n) is 3.48. The molecule has 1 saturated heterocycles. The predicted molar refractivity (Wildman–Crippen MR) is 77.4 cm³/mol. The fourth-order valence-corrected chi connectivity index (χ4v) is 4.22. The highest BCUT2D eigenvalue weighted by molar-refractivity contribution is 7.89. The lowest BCUT2D eigenvalue weighted by Crippen LogP contribution is -2.16. The Bertz CT molecular complexity index is 560. The topological polar surface area (TPSA) is 37.1 Å². The summed E-state index contributed by atoms with van der Waals surface area (Å²) in [4.78, 5) is 0.371. The lowest BCUT2D eigenvalue weighted by molar-refractivity contribution is 0.515. The van der Waals surface area contributed by atoms with Crippen molar-refractivity contribution in [1.82, 2.24) is 4.31 Å². The Balaban J connectivity index is 2.25. The van der Waals surface area contributed by atoms with Crippen LogP contribution >= 0.6 is 0 Å². The van der Waals surface area contributed by atoms with Crippen molar-refractivity contribution in [3.05, 3.63) is 42.5 Å². The van der Waals surface area contributed by atoms with E-state index in [1.807, 2.05) is 19.1 Å². The molecule has 0 bridgehead atoms. The summed E-state index contributed by atoms with van der Waals surface area (Å²) in [6.45, 7) is 9.90. The largest absolute Gasteiger partial charge is 0.243 e. The molecule has 1 fully saturated rings. The van der Waals surface area contributed by atoms with Gasteiger partial charge in [-0.3, -0.25) is 0 Å². The molecule has 0 N–H and O–H groups in total. The molecule has 0 spiro atoms. The minimum absolute atomic E-state index is 0.0475. The Labute approximate surface area is 116 Å². The van der Waals surface area contributed by atoms with E-state index in [1.165, 1.54) is 0 Å². The molecule has 0 aliphatic carbocycles. The van der Waals surface area contributed by atoms with Crippen LogP contribution < -0.4 is 0 Å². The second-order valence-corrected chi connectivity index (χ2v) is 7.41. The first-order chi connectivity index (χ1) is 8.87. The number of nitrogens with zero attached hydrogens (tertiary/aromatic N) is 1. The van der Waals surface area contributed by atoms with Crippen LogP contribution in [0, 0.1) is 12.8 Å². The molecule has 0 aromatic heterocycles. The van der Waals surface area contributed by atoms with Crippen molar-refractivity contribution in [2.45, 2.75) is 44.2 Å². The van der Waals surface area contributed by atoms with Crippen LogP contribution in [0.2, 0.25) is 0 Å². The maximum atomic E-state index is 12.5. The molecule has 1 unspecified atom stereocenters. The van der Waals surface area contributed by atoms with E-state index in [2.05, 4.69) is 20.4 Å². The molecule has 1 aromatic carbocycles. The molecule has 1 aromatic rings. The summed E-state index contributed by atoms with van der Waals surface area (Å²) in [7, 11) is -3.38. The van der Waals surface area contributed by atoms with Crippen molar-refractivity contribution in [3.63, 3.8) is 0 Å². The van der Waals surface area contributed by atoms with Crippen molar-refractivity contribution in [2.75, 3.05) is 0 Å². The quantitative estimate of drug-likeness (QED) is 0.614. The smallest absolute Gasteiger partial charge is 0.207 e. The third kappa shape index (κ3) is 2.74. The van der Waals surface area contributed by atoms with E-state index in [4.69, 9.17) is 0 Å². The van der Waals surface area contributed by atoms with Crippen molar-refractivity contribution >= 4 is 10.0 Å². The zero-order valence-corrected chi connectivity index (χ0v) is 12.5. The third-order valence-corrected chi connectivity index (χ3v) is 5.41. The maximum Gasteiger partial charge on any atom is 0.243 e. The Morgan fingerprint density at radius 3 is 2.37 bits per heavy atom. The number of hydrogen-bond donors (Lipinski definition) is 0. The van der Waals surface area contributed by atoms with Crippen molar-refractivity contribution in [3.8, 4) is 0 Å². The molecule has 0 saturated carbocycles. The number of sulfonamides is 1. The summed E-state index contributed by atoms with van der Waals surface area (Å²) < 4.78 is 26.7. The molecule has 19 heavy (non-hydrogen) atoms. The highest BCUT2D eigenvalue weighted by Gasteiger charge is 2.53. The molecule has 104 valence electrons. The molecule has 1 aliphatic heterocycles. The summed E-state index contributed by atoms with van der Waals surface area (Å²) >= 11 is 0. The number of hydrogen-bond acceptors (Lipinski definition) is 2. The van der Waals surface area contributed by atoms with E-state index < -0.39 is 10.0 Å². The number of rotatable bonds is 5. The lowest BCUT2D eigenvalue weighted by atomic mass is 10.1. The monoisotopic (exact) mass is 279 g/mol. The van der Waals surface area contributed by atoms with E-state index in [0.29, 0.717) is 10.8 Å². The summed E-state index contributed by atoms with van der Waals surface area (Å²) in [5, 5.41) is 0. The predicted octanol–water partition coefficient (Wildman–Crippen LogP) is 2.97. The maximum absolute atomic E-state index is 12.5. The van der Waals surface area contributed by atoms with Crippen LogP contribution in [0.25, 0.3) is 0 Å².